The van der Waals surface area contributed by atoms with E-state index in [-0.39, 0.29) is 11.1 Å². The zero-order chi connectivity index (χ0) is 10.4. The molecule has 74 valence electrons. The van der Waals surface area contributed by atoms with Crippen molar-refractivity contribution in [1.82, 2.24) is 15.0 Å². The van der Waals surface area contributed by atoms with Crippen molar-refractivity contribution in [3.63, 3.8) is 0 Å². The van der Waals surface area contributed by atoms with Crippen molar-refractivity contribution < 1.29 is 4.39 Å². The van der Waals surface area contributed by atoms with Crippen LogP contribution in [0.15, 0.2) is 24.4 Å². The Morgan fingerprint density at radius 1 is 1.27 bits per heavy atom. The molecule has 0 radical (unpaired) electrons. The fourth-order valence-electron chi connectivity index (χ4n) is 1.65. The molecular weight excluding hydrogens is 217 g/mol. The predicted octanol–water partition coefficient (Wildman–Crippen LogP) is 2.90. The first-order valence-corrected chi connectivity index (χ1v) is 4.72. The average Bonchev–Trinajstić information content (AvgIpc) is 2.57. The van der Waals surface area contributed by atoms with Gasteiger partial charge in [-0.1, -0.05) is 12.1 Å². The van der Waals surface area contributed by atoms with Crippen LogP contribution >= 0.6 is 11.6 Å². The summed E-state index contributed by atoms with van der Waals surface area (Å²) in [6.07, 6.45) is 1.59. The van der Waals surface area contributed by atoms with E-state index in [1.54, 1.807) is 12.3 Å². The number of fused-ring (bicyclic) bond motifs is 3. The lowest BCUT2D eigenvalue weighted by atomic mass is 10.2. The molecule has 2 heterocycles. The van der Waals surface area contributed by atoms with Crippen LogP contribution in [0.5, 0.6) is 0 Å². The Kier molecular flexibility index (Phi) is 1.67. The maximum absolute atomic E-state index is 13.4. The highest BCUT2D eigenvalue weighted by atomic mass is 35.5. The van der Waals surface area contributed by atoms with E-state index >= 15 is 0 Å². The molecule has 2 aromatic heterocycles. The predicted molar refractivity (Wildman–Crippen MR) is 56.4 cm³/mol. The highest BCUT2D eigenvalue weighted by Gasteiger charge is 2.09. The quantitative estimate of drug-likeness (QED) is 0.593. The van der Waals surface area contributed by atoms with Crippen LogP contribution in [0.4, 0.5) is 4.39 Å². The Hall–Kier alpha value is -1.68. The number of halogens is 2. The van der Waals surface area contributed by atoms with Crippen molar-refractivity contribution in [2.45, 2.75) is 0 Å². The SMILES string of the molecule is Fc1cccc2c1[nH]c1nc(Cl)ncc12. The summed E-state index contributed by atoms with van der Waals surface area (Å²) in [6, 6.07) is 4.86. The summed E-state index contributed by atoms with van der Waals surface area (Å²) in [5, 5.41) is 1.69. The lowest BCUT2D eigenvalue weighted by molar-refractivity contribution is 0.637. The monoisotopic (exact) mass is 221 g/mol. The molecule has 0 saturated heterocycles. The molecule has 0 bridgehead atoms. The largest absolute Gasteiger partial charge is 0.337 e. The highest BCUT2D eigenvalue weighted by Crippen LogP contribution is 2.25. The molecule has 3 aromatic rings. The summed E-state index contributed by atoms with van der Waals surface area (Å²) in [5.74, 6) is -0.304. The molecule has 5 heteroatoms. The topological polar surface area (TPSA) is 41.6 Å². The summed E-state index contributed by atoms with van der Waals surface area (Å²) < 4.78 is 13.4. The van der Waals surface area contributed by atoms with E-state index in [9.17, 15) is 4.39 Å². The maximum atomic E-state index is 13.4. The molecule has 0 spiro atoms. The number of nitrogens with one attached hydrogen (secondary N) is 1. The minimum atomic E-state index is -0.304. The molecule has 0 unspecified atom stereocenters. The van der Waals surface area contributed by atoms with Crippen molar-refractivity contribution >= 4 is 33.5 Å². The van der Waals surface area contributed by atoms with Crippen LogP contribution in [0.25, 0.3) is 21.9 Å². The molecule has 0 atom stereocenters. The fraction of sp³-hybridized carbons (Fsp3) is 0. The Morgan fingerprint density at radius 3 is 3.00 bits per heavy atom. The zero-order valence-electron chi connectivity index (χ0n) is 7.46. The van der Waals surface area contributed by atoms with Crippen LogP contribution < -0.4 is 0 Å². The second-order valence-corrected chi connectivity index (χ2v) is 3.53. The van der Waals surface area contributed by atoms with Gasteiger partial charge in [0.05, 0.1) is 5.52 Å². The molecule has 3 nitrogen and oxygen atoms in total. The van der Waals surface area contributed by atoms with Crippen molar-refractivity contribution in [2.75, 3.05) is 0 Å². The summed E-state index contributed by atoms with van der Waals surface area (Å²) in [7, 11) is 0. The van der Waals surface area contributed by atoms with E-state index in [1.807, 2.05) is 6.07 Å². The zero-order valence-corrected chi connectivity index (χ0v) is 8.22. The third kappa shape index (κ3) is 1.18. The molecular formula is C10H5ClFN3. The number of benzene rings is 1. The Bertz CT molecular complexity index is 662. The van der Waals surface area contributed by atoms with E-state index < -0.39 is 0 Å². The average molecular weight is 222 g/mol. The molecule has 0 aliphatic carbocycles. The van der Waals surface area contributed by atoms with Crippen LogP contribution in [0.2, 0.25) is 5.28 Å². The summed E-state index contributed by atoms with van der Waals surface area (Å²) in [5.41, 5.74) is 0.985. The number of aromatic amines is 1. The van der Waals surface area contributed by atoms with Crippen LogP contribution in [-0.4, -0.2) is 15.0 Å². The minimum absolute atomic E-state index is 0.148. The molecule has 0 aliphatic heterocycles. The number of nitrogens with zero attached hydrogens (tertiary/aromatic N) is 2. The van der Waals surface area contributed by atoms with Crippen molar-refractivity contribution in [1.29, 1.82) is 0 Å². The Balaban J connectivity index is 2.57. The van der Waals surface area contributed by atoms with Crippen molar-refractivity contribution in [3.8, 4) is 0 Å². The normalized spacial score (nSPS) is 11.3. The van der Waals surface area contributed by atoms with Gasteiger partial charge in [-0.25, -0.2) is 9.37 Å². The third-order valence-electron chi connectivity index (χ3n) is 2.31. The van der Waals surface area contributed by atoms with Gasteiger partial charge >= 0.3 is 0 Å². The first-order chi connectivity index (χ1) is 7.25. The van der Waals surface area contributed by atoms with Gasteiger partial charge < -0.3 is 4.98 Å². The fourth-order valence-corrected chi connectivity index (χ4v) is 1.78. The molecule has 0 amide bonds. The molecule has 1 aromatic carbocycles. The molecule has 3 rings (SSSR count). The van der Waals surface area contributed by atoms with Crippen LogP contribution in [0, 0.1) is 5.82 Å². The summed E-state index contributed by atoms with van der Waals surface area (Å²) in [4.78, 5) is 10.7. The van der Waals surface area contributed by atoms with Gasteiger partial charge in [0.2, 0.25) is 5.28 Å². The number of hydrogen-bond donors (Lipinski definition) is 1. The van der Waals surface area contributed by atoms with E-state index in [1.165, 1.54) is 6.07 Å². The van der Waals surface area contributed by atoms with E-state index in [0.29, 0.717) is 11.2 Å². The van der Waals surface area contributed by atoms with Gasteiger partial charge in [-0.3, -0.25) is 0 Å². The van der Waals surface area contributed by atoms with Crippen LogP contribution in [0.1, 0.15) is 0 Å². The van der Waals surface area contributed by atoms with Gasteiger partial charge in [-0.2, -0.15) is 4.98 Å². The molecule has 0 aliphatic rings. The van der Waals surface area contributed by atoms with Gasteiger partial charge in [0, 0.05) is 17.0 Å². The lowest BCUT2D eigenvalue weighted by Gasteiger charge is -1.90. The van der Waals surface area contributed by atoms with Crippen molar-refractivity contribution in [3.05, 3.63) is 35.5 Å². The number of para-hydroxylation sites is 1. The van der Waals surface area contributed by atoms with E-state index in [2.05, 4.69) is 15.0 Å². The molecule has 0 saturated carbocycles. The summed E-state index contributed by atoms with van der Waals surface area (Å²) >= 11 is 5.65. The van der Waals surface area contributed by atoms with E-state index in [4.69, 9.17) is 11.6 Å². The molecule has 1 N–H and O–H groups in total. The first-order valence-electron chi connectivity index (χ1n) is 4.34. The second-order valence-electron chi connectivity index (χ2n) is 3.19. The van der Waals surface area contributed by atoms with Gasteiger partial charge in [-0.05, 0) is 17.7 Å². The smallest absolute Gasteiger partial charge is 0.224 e. The summed E-state index contributed by atoms with van der Waals surface area (Å²) in [6.45, 7) is 0. The van der Waals surface area contributed by atoms with Crippen LogP contribution in [0.3, 0.4) is 0 Å². The maximum Gasteiger partial charge on any atom is 0.224 e. The first kappa shape index (κ1) is 8.61. The Morgan fingerprint density at radius 2 is 2.13 bits per heavy atom. The van der Waals surface area contributed by atoms with Gasteiger partial charge in [0.15, 0.2) is 0 Å². The standard InChI is InChI=1S/C10H5ClFN3/c11-10-13-4-6-5-2-1-3-7(12)8(5)14-9(6)15-10/h1-4H,(H,13,14,15). The number of aromatic nitrogens is 3. The van der Waals surface area contributed by atoms with Gasteiger partial charge in [-0.15, -0.1) is 0 Å². The third-order valence-corrected chi connectivity index (χ3v) is 2.49. The lowest BCUT2D eigenvalue weighted by Crippen LogP contribution is -1.80. The van der Waals surface area contributed by atoms with E-state index in [0.717, 1.165) is 10.8 Å². The number of H-pyrrole nitrogens is 1. The van der Waals surface area contributed by atoms with Crippen molar-refractivity contribution in [2.24, 2.45) is 0 Å². The molecule has 15 heavy (non-hydrogen) atoms. The molecule has 0 fully saturated rings. The minimum Gasteiger partial charge on any atom is -0.337 e. The Labute approximate surface area is 88.9 Å². The van der Waals surface area contributed by atoms with Crippen LogP contribution in [-0.2, 0) is 0 Å². The highest BCUT2D eigenvalue weighted by molar-refractivity contribution is 6.28. The van der Waals surface area contributed by atoms with Gasteiger partial charge in [0.1, 0.15) is 11.5 Å². The number of rotatable bonds is 0. The van der Waals surface area contributed by atoms with Gasteiger partial charge in [0.25, 0.3) is 0 Å². The number of hydrogen-bond acceptors (Lipinski definition) is 2. The second kappa shape index (κ2) is 2.90.